The second-order valence-corrected chi connectivity index (χ2v) is 15.3. The van der Waals surface area contributed by atoms with Gasteiger partial charge in [0, 0.05) is 12.8 Å². The molecule has 7 N–H and O–H groups in total. The van der Waals surface area contributed by atoms with E-state index < -0.39 is 78.5 Å². The van der Waals surface area contributed by atoms with Crippen molar-refractivity contribution in [2.75, 3.05) is 26.4 Å². The van der Waals surface area contributed by atoms with Crippen molar-refractivity contribution >= 4 is 52.0 Å². The molecule has 4 aromatic carbocycles. The van der Waals surface area contributed by atoms with Crippen LogP contribution in [0.4, 0.5) is 0 Å². The van der Waals surface area contributed by atoms with E-state index in [2.05, 4.69) is 39.7 Å². The summed E-state index contributed by atoms with van der Waals surface area (Å²) >= 11 is 0. The maximum absolute atomic E-state index is 14.0. The highest BCUT2D eigenvalue weighted by molar-refractivity contribution is 6.38. The van der Waals surface area contributed by atoms with Crippen LogP contribution in [0.3, 0.4) is 0 Å². The Kier molecular flexibility index (Phi) is 19.2. The molecule has 6 amide bonds. The minimum Gasteiger partial charge on any atom is -0.490 e. The van der Waals surface area contributed by atoms with Crippen LogP contribution in [-0.4, -0.2) is 91.8 Å². The van der Waals surface area contributed by atoms with Crippen LogP contribution >= 0.6 is 0 Å². The number of carbonyl (C=O) groups is 7. The van der Waals surface area contributed by atoms with Crippen molar-refractivity contribution in [3.05, 3.63) is 139 Å². The smallest absolute Gasteiger partial charge is 0.290 e. The number of Topliss-reactive ketones (excluding diaryl/α,β-unsaturated/α-hetero) is 1. The van der Waals surface area contributed by atoms with Crippen molar-refractivity contribution in [3.8, 4) is 5.75 Å². The summed E-state index contributed by atoms with van der Waals surface area (Å²) in [5, 5.41) is 14.8. The molecule has 4 rings (SSSR count). The summed E-state index contributed by atoms with van der Waals surface area (Å²) in [5.74, 6) is -5.35. The number of nitrogens with two attached hydrogens (primary N) is 1. The largest absolute Gasteiger partial charge is 0.490 e. The maximum Gasteiger partial charge on any atom is 0.290 e. The molecule has 15 heteroatoms. The first-order valence-corrected chi connectivity index (χ1v) is 20.6. The van der Waals surface area contributed by atoms with E-state index in [0.29, 0.717) is 17.9 Å². The summed E-state index contributed by atoms with van der Waals surface area (Å²) in [4.78, 5) is 93.0. The van der Waals surface area contributed by atoms with E-state index in [-0.39, 0.29) is 38.2 Å². The second-order valence-electron chi connectivity index (χ2n) is 15.3. The standard InChI is InChI=1S/C48H56N6O9/c1-5-22-62-30-41(44(57)48(61)50-29-43(56)51-38(45(49)58)27-34-16-19-35-14-10-11-15-36(35)25-34)54-46(59)39(24-31(3)4)53-47(60)40(52-42(55)28-32-12-8-7-9-13-32)26-33-17-20-37(21-18-33)63-23-6-2/h5-21,25,31,38-41H,1-2,22-24,26-30H2,3-4H3,(H2,49,58)(H,50,61)(H,51,56)(H,52,55)(H,53,60)(H,54,59)/t38-,39-,40-,41?/m0/s1. The molecule has 4 aromatic rings. The molecular weight excluding hydrogens is 805 g/mol. The minimum absolute atomic E-state index is 0.00410. The fourth-order valence-corrected chi connectivity index (χ4v) is 6.52. The van der Waals surface area contributed by atoms with Gasteiger partial charge < -0.3 is 41.8 Å². The van der Waals surface area contributed by atoms with Crippen molar-refractivity contribution in [2.24, 2.45) is 11.7 Å². The van der Waals surface area contributed by atoms with Gasteiger partial charge in [0.15, 0.2) is 0 Å². The van der Waals surface area contributed by atoms with Crippen LogP contribution in [0.5, 0.6) is 5.75 Å². The third-order valence-corrected chi connectivity index (χ3v) is 9.65. The van der Waals surface area contributed by atoms with Gasteiger partial charge in [-0.3, -0.25) is 33.6 Å². The van der Waals surface area contributed by atoms with Gasteiger partial charge in [0.25, 0.3) is 5.91 Å². The molecule has 15 nitrogen and oxygen atoms in total. The molecule has 332 valence electrons. The van der Waals surface area contributed by atoms with E-state index in [1.54, 1.807) is 54.6 Å². The van der Waals surface area contributed by atoms with Gasteiger partial charge in [0.2, 0.25) is 35.3 Å². The van der Waals surface area contributed by atoms with E-state index in [4.69, 9.17) is 15.2 Å². The highest BCUT2D eigenvalue weighted by Gasteiger charge is 2.33. The lowest BCUT2D eigenvalue weighted by Gasteiger charge is -2.26. The first-order chi connectivity index (χ1) is 30.3. The van der Waals surface area contributed by atoms with E-state index in [1.165, 1.54) is 6.08 Å². The van der Waals surface area contributed by atoms with Crippen molar-refractivity contribution < 1.29 is 43.0 Å². The topological polar surface area (TPSA) is 224 Å². The Morgan fingerprint density at radius 3 is 1.90 bits per heavy atom. The van der Waals surface area contributed by atoms with Gasteiger partial charge in [-0.1, -0.05) is 118 Å². The fraction of sp³-hybridized carbons (Fsp3) is 0.312. The Bertz CT molecular complexity index is 2230. The molecule has 0 aliphatic rings. The van der Waals surface area contributed by atoms with Crippen molar-refractivity contribution in [3.63, 3.8) is 0 Å². The third kappa shape index (κ3) is 16.3. The van der Waals surface area contributed by atoms with E-state index >= 15 is 0 Å². The van der Waals surface area contributed by atoms with Gasteiger partial charge in [0.1, 0.15) is 36.5 Å². The number of hydrogen-bond donors (Lipinski definition) is 6. The van der Waals surface area contributed by atoms with E-state index in [0.717, 1.165) is 21.9 Å². The number of primary amides is 1. The Labute approximate surface area is 367 Å². The molecule has 0 spiro atoms. The van der Waals surface area contributed by atoms with Crippen LogP contribution in [0, 0.1) is 5.92 Å². The molecule has 4 atom stereocenters. The zero-order valence-corrected chi connectivity index (χ0v) is 35.6. The van der Waals surface area contributed by atoms with Gasteiger partial charge in [-0.2, -0.15) is 0 Å². The lowest BCUT2D eigenvalue weighted by Crippen LogP contribution is -2.58. The number of hydrogen-bond acceptors (Lipinski definition) is 9. The lowest BCUT2D eigenvalue weighted by atomic mass is 10.00. The first kappa shape index (κ1) is 48.5. The summed E-state index contributed by atoms with van der Waals surface area (Å²) in [7, 11) is 0. The van der Waals surface area contributed by atoms with Crippen LogP contribution in [0.1, 0.15) is 37.0 Å². The Morgan fingerprint density at radius 1 is 0.635 bits per heavy atom. The minimum atomic E-state index is -1.54. The highest BCUT2D eigenvalue weighted by atomic mass is 16.5. The predicted molar refractivity (Wildman–Crippen MR) is 239 cm³/mol. The first-order valence-electron chi connectivity index (χ1n) is 20.6. The Hall–Kier alpha value is -7.13. The zero-order chi connectivity index (χ0) is 45.7. The van der Waals surface area contributed by atoms with Crippen molar-refractivity contribution in [1.82, 2.24) is 26.6 Å². The summed E-state index contributed by atoms with van der Waals surface area (Å²) in [6.07, 6.45) is 3.31. The van der Waals surface area contributed by atoms with Crippen LogP contribution in [0.2, 0.25) is 0 Å². The van der Waals surface area contributed by atoms with E-state index in [1.807, 2.05) is 62.4 Å². The quantitative estimate of drug-likeness (QED) is 0.0310. The van der Waals surface area contributed by atoms with Crippen molar-refractivity contribution in [2.45, 2.75) is 63.7 Å². The number of carbonyl (C=O) groups excluding carboxylic acids is 7. The molecule has 0 aliphatic heterocycles. The number of ketones is 1. The van der Waals surface area contributed by atoms with Crippen LogP contribution < -0.4 is 37.1 Å². The third-order valence-electron chi connectivity index (χ3n) is 9.65. The molecule has 63 heavy (non-hydrogen) atoms. The summed E-state index contributed by atoms with van der Waals surface area (Å²) in [5.41, 5.74) is 7.77. The number of fused-ring (bicyclic) bond motifs is 1. The molecule has 0 heterocycles. The number of amides is 6. The number of benzene rings is 4. The molecular formula is C48H56N6O9. The summed E-state index contributed by atoms with van der Waals surface area (Å²) < 4.78 is 11.0. The highest BCUT2D eigenvalue weighted by Crippen LogP contribution is 2.17. The Balaban J connectivity index is 1.44. The number of rotatable bonds is 26. The number of nitrogens with one attached hydrogen (secondary N) is 5. The van der Waals surface area contributed by atoms with Crippen molar-refractivity contribution in [1.29, 1.82) is 0 Å². The fourth-order valence-electron chi connectivity index (χ4n) is 6.52. The van der Waals surface area contributed by atoms with Gasteiger partial charge >= 0.3 is 0 Å². The van der Waals surface area contributed by atoms with Crippen LogP contribution in [0.15, 0.2) is 122 Å². The molecule has 0 bridgehead atoms. The zero-order valence-electron chi connectivity index (χ0n) is 35.6. The number of ether oxygens (including phenoxy) is 2. The molecule has 0 radical (unpaired) electrons. The summed E-state index contributed by atoms with van der Waals surface area (Å²) in [6.45, 7) is 10.0. The summed E-state index contributed by atoms with van der Waals surface area (Å²) in [6, 6.07) is 24.2. The molecule has 0 fully saturated rings. The molecule has 0 saturated carbocycles. The van der Waals surface area contributed by atoms with Gasteiger partial charge in [-0.25, -0.2) is 0 Å². The van der Waals surface area contributed by atoms with Crippen LogP contribution in [-0.2, 0) is 57.6 Å². The predicted octanol–water partition coefficient (Wildman–Crippen LogP) is 2.79. The molecule has 1 unspecified atom stereocenters. The van der Waals surface area contributed by atoms with E-state index in [9.17, 15) is 33.6 Å². The monoisotopic (exact) mass is 860 g/mol. The van der Waals surface area contributed by atoms with Gasteiger partial charge in [0.05, 0.1) is 26.2 Å². The van der Waals surface area contributed by atoms with Crippen LogP contribution in [0.25, 0.3) is 10.8 Å². The lowest BCUT2D eigenvalue weighted by molar-refractivity contribution is -0.142. The van der Waals surface area contributed by atoms with Gasteiger partial charge in [-0.05, 0) is 51.9 Å². The normalized spacial score (nSPS) is 12.7. The second kappa shape index (κ2) is 25.0. The molecule has 0 aliphatic carbocycles. The molecule has 0 aromatic heterocycles. The Morgan fingerprint density at radius 2 is 1.24 bits per heavy atom. The average Bonchev–Trinajstić information content (AvgIpc) is 3.26. The maximum atomic E-state index is 14.0. The average molecular weight is 861 g/mol. The van der Waals surface area contributed by atoms with Gasteiger partial charge in [-0.15, -0.1) is 6.58 Å². The SMILES string of the molecule is C=CCOCC(NC(=O)[C@H](CC(C)C)NC(=O)[C@H](Cc1ccc(OCC=C)cc1)NC(=O)Cc1ccccc1)C(=O)C(=O)NCC(=O)N[C@@H](Cc1ccc2ccccc2c1)C(N)=O. The molecule has 0 saturated heterocycles.